The molecule has 1 aliphatic rings. The van der Waals surface area contributed by atoms with Gasteiger partial charge in [-0.2, -0.15) is 11.8 Å². The van der Waals surface area contributed by atoms with Crippen molar-refractivity contribution in [3.8, 4) is 0 Å². The Labute approximate surface area is 118 Å². The highest BCUT2D eigenvalue weighted by atomic mass is 32.2. The molecule has 0 unspecified atom stereocenters. The molecule has 0 aromatic heterocycles. The first-order valence-electron chi connectivity index (χ1n) is 7.32. The molecule has 18 heavy (non-hydrogen) atoms. The lowest BCUT2D eigenvalue weighted by Crippen LogP contribution is -2.47. The third-order valence-corrected chi connectivity index (χ3v) is 5.96. The average Bonchev–Trinajstić information content (AvgIpc) is 2.42. The summed E-state index contributed by atoms with van der Waals surface area (Å²) < 4.78 is 0.447. The van der Waals surface area contributed by atoms with Gasteiger partial charge in [-0.15, -0.1) is 0 Å². The molecule has 0 aromatic rings. The Morgan fingerprint density at radius 2 is 1.72 bits per heavy atom. The van der Waals surface area contributed by atoms with Crippen LogP contribution in [-0.4, -0.2) is 73.7 Å². The summed E-state index contributed by atoms with van der Waals surface area (Å²) in [6.07, 6.45) is 4.76. The van der Waals surface area contributed by atoms with Crippen LogP contribution in [-0.2, 0) is 0 Å². The number of nitrogens with one attached hydrogen (secondary N) is 1. The Balaban J connectivity index is 2.14. The minimum atomic E-state index is 0.447. The molecule has 108 valence electrons. The van der Waals surface area contributed by atoms with Crippen molar-refractivity contribution in [1.29, 1.82) is 0 Å². The van der Waals surface area contributed by atoms with Gasteiger partial charge >= 0.3 is 0 Å². The van der Waals surface area contributed by atoms with Crippen LogP contribution in [0.1, 0.15) is 26.7 Å². The fourth-order valence-corrected chi connectivity index (χ4v) is 3.31. The summed E-state index contributed by atoms with van der Waals surface area (Å²) in [6, 6.07) is 0. The maximum absolute atomic E-state index is 3.66. The summed E-state index contributed by atoms with van der Waals surface area (Å²) >= 11 is 2.02. The minimum Gasteiger partial charge on any atom is -0.314 e. The van der Waals surface area contributed by atoms with Crippen molar-refractivity contribution in [1.82, 2.24) is 15.1 Å². The SMILES string of the molecule is CCC(CC)(CNCCN1CCN(C)CC1)SC. The molecule has 0 aliphatic carbocycles. The second-order valence-electron chi connectivity index (χ2n) is 5.42. The first-order valence-corrected chi connectivity index (χ1v) is 8.55. The molecule has 0 atom stereocenters. The van der Waals surface area contributed by atoms with E-state index in [1.807, 2.05) is 11.8 Å². The molecule has 1 fully saturated rings. The molecule has 0 spiro atoms. The molecule has 0 amide bonds. The average molecular weight is 273 g/mol. The fourth-order valence-electron chi connectivity index (χ4n) is 2.49. The van der Waals surface area contributed by atoms with Gasteiger partial charge in [0.1, 0.15) is 0 Å². The van der Waals surface area contributed by atoms with E-state index in [0.29, 0.717) is 4.75 Å². The third kappa shape index (κ3) is 5.08. The first kappa shape index (κ1) is 16.3. The maximum Gasteiger partial charge on any atom is 0.0276 e. The van der Waals surface area contributed by atoms with E-state index in [2.05, 4.69) is 42.3 Å². The van der Waals surface area contributed by atoms with Crippen molar-refractivity contribution in [2.45, 2.75) is 31.4 Å². The van der Waals surface area contributed by atoms with Gasteiger partial charge in [0.05, 0.1) is 0 Å². The number of hydrogen-bond acceptors (Lipinski definition) is 4. The molecule has 1 N–H and O–H groups in total. The van der Waals surface area contributed by atoms with Crippen molar-refractivity contribution >= 4 is 11.8 Å². The van der Waals surface area contributed by atoms with Crippen molar-refractivity contribution in [3.63, 3.8) is 0 Å². The molecule has 3 nitrogen and oxygen atoms in total. The van der Waals surface area contributed by atoms with E-state index in [9.17, 15) is 0 Å². The first-order chi connectivity index (χ1) is 8.65. The zero-order valence-corrected chi connectivity index (χ0v) is 13.5. The van der Waals surface area contributed by atoms with Gasteiger partial charge < -0.3 is 10.2 Å². The van der Waals surface area contributed by atoms with Crippen molar-refractivity contribution in [3.05, 3.63) is 0 Å². The minimum absolute atomic E-state index is 0.447. The van der Waals surface area contributed by atoms with Crippen molar-refractivity contribution in [2.24, 2.45) is 0 Å². The van der Waals surface area contributed by atoms with Gasteiger partial charge in [0, 0.05) is 50.6 Å². The Morgan fingerprint density at radius 1 is 1.11 bits per heavy atom. The summed E-state index contributed by atoms with van der Waals surface area (Å²) in [4.78, 5) is 4.99. The highest BCUT2D eigenvalue weighted by molar-refractivity contribution is 8.00. The highest BCUT2D eigenvalue weighted by Crippen LogP contribution is 2.29. The number of likely N-dealkylation sites (N-methyl/N-ethyl adjacent to an activating group) is 1. The van der Waals surface area contributed by atoms with Crippen LogP contribution >= 0.6 is 11.8 Å². The molecule has 1 heterocycles. The third-order valence-electron chi connectivity index (χ3n) is 4.37. The van der Waals surface area contributed by atoms with Crippen molar-refractivity contribution in [2.75, 3.05) is 59.1 Å². The van der Waals surface area contributed by atoms with Crippen LogP contribution in [0, 0.1) is 0 Å². The number of rotatable bonds is 8. The summed E-state index contributed by atoms with van der Waals surface area (Å²) in [7, 11) is 2.21. The van der Waals surface area contributed by atoms with Crippen LogP contribution in [0.15, 0.2) is 0 Å². The van der Waals surface area contributed by atoms with Gasteiger partial charge in [-0.3, -0.25) is 4.90 Å². The Bertz CT molecular complexity index is 203. The van der Waals surface area contributed by atoms with Crippen LogP contribution in [0.2, 0.25) is 0 Å². The Hall–Kier alpha value is 0.230. The molecule has 0 aromatic carbocycles. The molecule has 0 bridgehead atoms. The number of hydrogen-bond donors (Lipinski definition) is 1. The summed E-state index contributed by atoms with van der Waals surface area (Å²) in [5, 5.41) is 3.66. The molecule has 1 rings (SSSR count). The monoisotopic (exact) mass is 273 g/mol. The van der Waals surface area contributed by atoms with Gasteiger partial charge in [0.25, 0.3) is 0 Å². The normalized spacial score (nSPS) is 19.3. The number of nitrogens with zero attached hydrogens (tertiary/aromatic N) is 2. The van der Waals surface area contributed by atoms with E-state index in [4.69, 9.17) is 0 Å². The van der Waals surface area contributed by atoms with Crippen molar-refractivity contribution < 1.29 is 0 Å². The Morgan fingerprint density at radius 3 is 2.22 bits per heavy atom. The second-order valence-corrected chi connectivity index (χ2v) is 6.69. The van der Waals surface area contributed by atoms with E-state index >= 15 is 0 Å². The molecule has 1 saturated heterocycles. The van der Waals surface area contributed by atoms with Crippen LogP contribution in [0.5, 0.6) is 0 Å². The fraction of sp³-hybridized carbons (Fsp3) is 1.00. The smallest absolute Gasteiger partial charge is 0.0276 e. The zero-order valence-electron chi connectivity index (χ0n) is 12.7. The summed E-state index contributed by atoms with van der Waals surface area (Å²) in [5.74, 6) is 0. The molecule has 4 heteroatoms. The van der Waals surface area contributed by atoms with Gasteiger partial charge in [0.15, 0.2) is 0 Å². The van der Waals surface area contributed by atoms with E-state index < -0.39 is 0 Å². The maximum atomic E-state index is 3.66. The molecular formula is C14H31N3S. The standard InChI is InChI=1S/C14H31N3S/c1-5-14(6-2,18-4)13-15-7-8-17-11-9-16(3)10-12-17/h15H,5-13H2,1-4H3. The molecule has 0 radical (unpaired) electrons. The quantitative estimate of drug-likeness (QED) is 0.679. The van der Waals surface area contributed by atoms with E-state index in [-0.39, 0.29) is 0 Å². The van der Waals surface area contributed by atoms with Crippen LogP contribution in [0.3, 0.4) is 0 Å². The van der Waals surface area contributed by atoms with Crippen LogP contribution in [0.4, 0.5) is 0 Å². The van der Waals surface area contributed by atoms with Gasteiger partial charge in [-0.1, -0.05) is 13.8 Å². The largest absolute Gasteiger partial charge is 0.314 e. The molecular weight excluding hydrogens is 242 g/mol. The number of thioether (sulfide) groups is 1. The zero-order chi connectivity index (χ0) is 13.4. The van der Waals surface area contributed by atoms with Gasteiger partial charge in [-0.25, -0.2) is 0 Å². The lowest BCUT2D eigenvalue weighted by molar-refractivity contribution is 0.154. The lowest BCUT2D eigenvalue weighted by Gasteiger charge is -2.33. The Kier molecular flexibility index (Phi) is 7.61. The van der Waals surface area contributed by atoms with E-state index in [1.165, 1.54) is 45.6 Å². The van der Waals surface area contributed by atoms with E-state index in [0.717, 1.165) is 13.1 Å². The predicted octanol–water partition coefficient (Wildman–Crippen LogP) is 1.75. The van der Waals surface area contributed by atoms with Gasteiger partial charge in [0.2, 0.25) is 0 Å². The van der Waals surface area contributed by atoms with E-state index in [1.54, 1.807) is 0 Å². The molecule has 1 aliphatic heterocycles. The second kappa shape index (κ2) is 8.41. The van der Waals surface area contributed by atoms with Gasteiger partial charge in [-0.05, 0) is 26.1 Å². The summed E-state index contributed by atoms with van der Waals surface area (Å²) in [5.41, 5.74) is 0. The molecule has 0 saturated carbocycles. The predicted molar refractivity (Wildman–Crippen MR) is 83.6 cm³/mol. The van der Waals surface area contributed by atoms with Crippen LogP contribution < -0.4 is 5.32 Å². The number of piperazine rings is 1. The highest BCUT2D eigenvalue weighted by Gasteiger charge is 2.24. The lowest BCUT2D eigenvalue weighted by atomic mass is 10.0. The van der Waals surface area contributed by atoms with Crippen LogP contribution in [0.25, 0.3) is 0 Å². The summed E-state index contributed by atoms with van der Waals surface area (Å²) in [6.45, 7) is 13.0. The topological polar surface area (TPSA) is 18.5 Å².